The molecule has 7 nitrogen and oxygen atoms in total. The summed E-state index contributed by atoms with van der Waals surface area (Å²) in [5, 5.41) is 13.0. The standard InChI is InChI=1S/C15H19N5O2S/c1-19-3-2-12-13(10-19)23-15(18-12)17-9-11(8-16)14(21)20-4-6-22-7-5-20/h9H,2-7,10H2,1H3,(H,17,18)/b11-9-. The van der Waals surface area contributed by atoms with Gasteiger partial charge >= 0.3 is 0 Å². The topological polar surface area (TPSA) is 81.5 Å². The van der Waals surface area contributed by atoms with Crippen molar-refractivity contribution < 1.29 is 9.53 Å². The number of thiazole rings is 1. The fourth-order valence-corrected chi connectivity index (χ4v) is 3.65. The van der Waals surface area contributed by atoms with E-state index >= 15 is 0 Å². The van der Waals surface area contributed by atoms with Crippen LogP contribution in [0.2, 0.25) is 0 Å². The lowest BCUT2D eigenvalue weighted by Crippen LogP contribution is -2.41. The number of likely N-dealkylation sites (N-methyl/N-ethyl adjacent to an activating group) is 1. The molecule has 0 aromatic carbocycles. The molecule has 8 heteroatoms. The zero-order valence-electron chi connectivity index (χ0n) is 13.0. The predicted molar refractivity (Wildman–Crippen MR) is 86.9 cm³/mol. The summed E-state index contributed by atoms with van der Waals surface area (Å²) in [6.45, 7) is 3.99. The van der Waals surface area contributed by atoms with Gasteiger partial charge in [0.15, 0.2) is 5.13 Å². The highest BCUT2D eigenvalue weighted by Crippen LogP contribution is 2.27. The van der Waals surface area contributed by atoms with Crippen molar-refractivity contribution in [2.45, 2.75) is 13.0 Å². The molecule has 2 aliphatic heterocycles. The lowest BCUT2D eigenvalue weighted by Gasteiger charge is -2.26. The summed E-state index contributed by atoms with van der Waals surface area (Å²) in [6, 6.07) is 1.97. The molecule has 23 heavy (non-hydrogen) atoms. The van der Waals surface area contributed by atoms with Crippen LogP contribution in [0.4, 0.5) is 5.13 Å². The van der Waals surface area contributed by atoms with E-state index in [9.17, 15) is 10.1 Å². The summed E-state index contributed by atoms with van der Waals surface area (Å²) >= 11 is 1.58. The Morgan fingerprint density at radius 2 is 2.22 bits per heavy atom. The number of nitrogens with zero attached hydrogens (tertiary/aromatic N) is 4. The van der Waals surface area contributed by atoms with Crippen LogP contribution in [0.1, 0.15) is 10.6 Å². The number of aromatic nitrogens is 1. The van der Waals surface area contributed by atoms with Crippen molar-refractivity contribution in [2.75, 3.05) is 45.2 Å². The number of fused-ring (bicyclic) bond motifs is 1. The molecule has 2 aliphatic rings. The number of hydrogen-bond acceptors (Lipinski definition) is 7. The number of nitriles is 1. The van der Waals surface area contributed by atoms with Crippen LogP contribution in [0.25, 0.3) is 0 Å². The third-order valence-corrected chi connectivity index (χ3v) is 4.92. The summed E-state index contributed by atoms with van der Waals surface area (Å²) < 4.78 is 5.22. The molecular weight excluding hydrogens is 314 g/mol. The van der Waals surface area contributed by atoms with Gasteiger partial charge in [-0.15, -0.1) is 11.3 Å². The normalized spacial score (nSPS) is 19.1. The Kier molecular flexibility index (Phi) is 4.91. The lowest BCUT2D eigenvalue weighted by molar-refractivity contribution is -0.130. The molecule has 0 aliphatic carbocycles. The van der Waals surface area contributed by atoms with Gasteiger partial charge in [-0.1, -0.05) is 0 Å². The Bertz CT molecular complexity index is 657. The number of nitrogens with one attached hydrogen (secondary N) is 1. The molecule has 3 heterocycles. The van der Waals surface area contributed by atoms with Gasteiger partial charge in [-0.25, -0.2) is 4.98 Å². The van der Waals surface area contributed by atoms with E-state index in [1.54, 1.807) is 16.2 Å². The molecule has 0 radical (unpaired) electrons. The number of rotatable bonds is 3. The van der Waals surface area contributed by atoms with Gasteiger partial charge in [0.2, 0.25) is 0 Å². The fourth-order valence-electron chi connectivity index (χ4n) is 2.60. The Morgan fingerprint density at radius 3 is 2.96 bits per heavy atom. The van der Waals surface area contributed by atoms with Crippen molar-refractivity contribution in [2.24, 2.45) is 0 Å². The summed E-state index contributed by atoms with van der Waals surface area (Å²) in [5.74, 6) is -0.260. The first-order valence-electron chi connectivity index (χ1n) is 7.58. The van der Waals surface area contributed by atoms with Gasteiger partial charge < -0.3 is 19.9 Å². The molecule has 1 amide bonds. The number of ether oxygens (including phenoxy) is 1. The van der Waals surface area contributed by atoms with Crippen molar-refractivity contribution in [3.8, 4) is 6.07 Å². The molecule has 1 aromatic heterocycles. The maximum Gasteiger partial charge on any atom is 0.266 e. The van der Waals surface area contributed by atoms with Crippen molar-refractivity contribution in [3.05, 3.63) is 22.3 Å². The van der Waals surface area contributed by atoms with Crippen LogP contribution in [0.3, 0.4) is 0 Å². The number of morpholine rings is 1. The maximum absolute atomic E-state index is 12.3. The van der Waals surface area contributed by atoms with Crippen molar-refractivity contribution in [1.82, 2.24) is 14.8 Å². The molecule has 1 N–H and O–H groups in total. The summed E-state index contributed by atoms with van der Waals surface area (Å²) in [7, 11) is 2.09. The molecule has 3 rings (SSSR count). The van der Waals surface area contributed by atoms with Gasteiger partial charge in [-0.2, -0.15) is 5.26 Å². The van der Waals surface area contributed by atoms with Crippen LogP contribution >= 0.6 is 11.3 Å². The van der Waals surface area contributed by atoms with Gasteiger partial charge in [0.25, 0.3) is 5.91 Å². The van der Waals surface area contributed by atoms with E-state index in [4.69, 9.17) is 4.74 Å². The largest absolute Gasteiger partial charge is 0.378 e. The zero-order chi connectivity index (χ0) is 16.2. The monoisotopic (exact) mass is 333 g/mol. The van der Waals surface area contributed by atoms with Crippen LogP contribution < -0.4 is 5.32 Å². The molecule has 0 saturated carbocycles. The molecule has 0 bridgehead atoms. The Hall–Kier alpha value is -1.95. The quantitative estimate of drug-likeness (QED) is 0.651. The van der Waals surface area contributed by atoms with Crippen LogP contribution in [0.5, 0.6) is 0 Å². The number of amides is 1. The molecule has 1 saturated heterocycles. The second kappa shape index (κ2) is 7.08. The molecule has 1 fully saturated rings. The predicted octanol–water partition coefficient (Wildman–Crippen LogP) is 0.809. The third kappa shape index (κ3) is 3.69. The fraction of sp³-hybridized carbons (Fsp3) is 0.533. The van der Waals surface area contributed by atoms with Crippen molar-refractivity contribution >= 4 is 22.4 Å². The second-order valence-electron chi connectivity index (χ2n) is 5.60. The number of anilines is 1. The van der Waals surface area contributed by atoms with Crippen LogP contribution in [0, 0.1) is 11.3 Å². The highest BCUT2D eigenvalue weighted by atomic mass is 32.1. The maximum atomic E-state index is 12.3. The van der Waals surface area contributed by atoms with Crippen LogP contribution in [0.15, 0.2) is 11.8 Å². The van der Waals surface area contributed by atoms with E-state index in [1.807, 2.05) is 6.07 Å². The average Bonchev–Trinajstić information content (AvgIpc) is 2.98. The third-order valence-electron chi connectivity index (χ3n) is 3.91. The van der Waals surface area contributed by atoms with E-state index in [1.165, 1.54) is 11.1 Å². The summed E-state index contributed by atoms with van der Waals surface area (Å²) in [5.41, 5.74) is 1.21. The Morgan fingerprint density at radius 1 is 1.43 bits per heavy atom. The van der Waals surface area contributed by atoms with Crippen molar-refractivity contribution in [3.63, 3.8) is 0 Å². The SMILES string of the molecule is CN1CCc2nc(N/C=C(/C#N)C(=O)N3CCOCC3)sc2C1. The lowest BCUT2D eigenvalue weighted by atomic mass is 10.2. The minimum Gasteiger partial charge on any atom is -0.378 e. The highest BCUT2D eigenvalue weighted by Gasteiger charge is 2.21. The number of hydrogen-bond donors (Lipinski definition) is 1. The summed E-state index contributed by atoms with van der Waals surface area (Å²) in [6.07, 6.45) is 2.40. The van der Waals surface area contributed by atoms with E-state index < -0.39 is 0 Å². The smallest absolute Gasteiger partial charge is 0.266 e. The molecule has 0 atom stereocenters. The molecular formula is C15H19N5O2S. The Balaban J connectivity index is 1.68. The van der Waals surface area contributed by atoms with Gasteiger partial charge in [0.1, 0.15) is 11.6 Å². The first-order valence-corrected chi connectivity index (χ1v) is 8.40. The van der Waals surface area contributed by atoms with Crippen LogP contribution in [-0.2, 0) is 22.5 Å². The number of carbonyl (C=O) groups is 1. The van der Waals surface area contributed by atoms with Gasteiger partial charge in [-0.05, 0) is 7.05 Å². The second-order valence-corrected chi connectivity index (χ2v) is 6.68. The minimum atomic E-state index is -0.260. The molecule has 0 unspecified atom stereocenters. The van der Waals surface area contributed by atoms with Crippen LogP contribution in [-0.4, -0.2) is 60.6 Å². The van der Waals surface area contributed by atoms with E-state index in [2.05, 4.69) is 22.2 Å². The molecule has 1 aromatic rings. The molecule has 0 spiro atoms. The molecule has 122 valence electrons. The number of carbonyl (C=O) groups excluding carboxylic acids is 1. The van der Waals surface area contributed by atoms with Crippen molar-refractivity contribution in [1.29, 1.82) is 5.26 Å². The minimum absolute atomic E-state index is 0.0946. The zero-order valence-corrected chi connectivity index (χ0v) is 13.9. The highest BCUT2D eigenvalue weighted by molar-refractivity contribution is 7.15. The van der Waals surface area contributed by atoms with E-state index in [0.29, 0.717) is 26.3 Å². The van der Waals surface area contributed by atoms with Gasteiger partial charge in [0, 0.05) is 43.7 Å². The average molecular weight is 333 g/mol. The van der Waals surface area contributed by atoms with Gasteiger partial charge in [-0.3, -0.25) is 4.79 Å². The summed E-state index contributed by atoms with van der Waals surface area (Å²) in [4.78, 5) is 22.0. The Labute approximate surface area is 139 Å². The van der Waals surface area contributed by atoms with E-state index in [0.717, 1.165) is 30.3 Å². The first kappa shape index (κ1) is 15.9. The van der Waals surface area contributed by atoms with E-state index in [-0.39, 0.29) is 11.5 Å². The van der Waals surface area contributed by atoms with Gasteiger partial charge in [0.05, 0.1) is 18.9 Å². The first-order chi connectivity index (χ1) is 11.2.